The van der Waals surface area contributed by atoms with Gasteiger partial charge in [-0.1, -0.05) is 25.8 Å². The van der Waals surface area contributed by atoms with Gasteiger partial charge in [-0.05, 0) is 36.3 Å². The van der Waals surface area contributed by atoms with Crippen LogP contribution in [0.15, 0.2) is 18.2 Å². The van der Waals surface area contributed by atoms with Gasteiger partial charge in [-0.2, -0.15) is 0 Å². The Morgan fingerprint density at radius 2 is 2.09 bits per heavy atom. The standard InChI is InChI=1S/C16H22N2O4S/c1-2-3-4-7-20-15(19)10-18-16(23)17-9-12-5-6-13-14(8-12)22-11-21-13/h5-6,8H,2-4,7,9-11H2,1H3,(H2,17,18,23). The third-order valence-corrected chi connectivity index (χ3v) is 3.58. The molecule has 0 radical (unpaired) electrons. The van der Waals surface area contributed by atoms with Gasteiger partial charge in [0, 0.05) is 6.54 Å². The zero-order valence-electron chi connectivity index (χ0n) is 13.2. The molecule has 0 aromatic heterocycles. The smallest absolute Gasteiger partial charge is 0.325 e. The fourth-order valence-corrected chi connectivity index (χ4v) is 2.18. The Balaban J connectivity index is 1.62. The number of benzene rings is 1. The molecule has 7 heteroatoms. The van der Waals surface area contributed by atoms with Crippen LogP contribution in [0.2, 0.25) is 0 Å². The molecule has 0 saturated carbocycles. The molecule has 1 heterocycles. The van der Waals surface area contributed by atoms with E-state index >= 15 is 0 Å². The van der Waals surface area contributed by atoms with Crippen LogP contribution in [0.3, 0.4) is 0 Å². The second kappa shape index (κ2) is 9.19. The molecule has 0 amide bonds. The highest BCUT2D eigenvalue weighted by atomic mass is 32.1. The predicted octanol–water partition coefficient (Wildman–Crippen LogP) is 2.11. The van der Waals surface area contributed by atoms with Crippen LogP contribution in [0.5, 0.6) is 11.5 Å². The molecule has 1 aliphatic rings. The Labute approximate surface area is 141 Å². The van der Waals surface area contributed by atoms with Crippen molar-refractivity contribution in [3.8, 4) is 11.5 Å². The lowest BCUT2D eigenvalue weighted by molar-refractivity contribution is -0.142. The van der Waals surface area contributed by atoms with E-state index in [2.05, 4.69) is 17.6 Å². The number of thiocarbonyl (C=S) groups is 1. The van der Waals surface area contributed by atoms with Gasteiger partial charge in [0.25, 0.3) is 0 Å². The second-order valence-electron chi connectivity index (χ2n) is 5.15. The Morgan fingerprint density at radius 1 is 1.26 bits per heavy atom. The van der Waals surface area contributed by atoms with Gasteiger partial charge in [0.1, 0.15) is 6.54 Å². The average molecular weight is 338 g/mol. The third-order valence-electron chi connectivity index (χ3n) is 3.29. The number of carbonyl (C=O) groups excluding carboxylic acids is 1. The number of fused-ring (bicyclic) bond motifs is 1. The molecule has 0 fully saturated rings. The quantitative estimate of drug-likeness (QED) is 0.427. The van der Waals surface area contributed by atoms with E-state index in [-0.39, 0.29) is 19.3 Å². The molecular formula is C16H22N2O4S. The summed E-state index contributed by atoms with van der Waals surface area (Å²) in [7, 11) is 0. The van der Waals surface area contributed by atoms with E-state index in [9.17, 15) is 4.79 Å². The molecule has 1 aromatic carbocycles. The van der Waals surface area contributed by atoms with Crippen molar-refractivity contribution >= 4 is 23.3 Å². The van der Waals surface area contributed by atoms with Crippen LogP contribution in [-0.2, 0) is 16.1 Å². The average Bonchev–Trinajstić information content (AvgIpc) is 3.02. The lowest BCUT2D eigenvalue weighted by Crippen LogP contribution is -2.38. The highest BCUT2D eigenvalue weighted by molar-refractivity contribution is 7.80. The van der Waals surface area contributed by atoms with Crippen LogP contribution in [-0.4, -0.2) is 31.0 Å². The van der Waals surface area contributed by atoms with Gasteiger partial charge in [0.15, 0.2) is 16.6 Å². The SMILES string of the molecule is CCCCCOC(=O)CNC(=S)NCc1ccc2c(c1)OCO2. The van der Waals surface area contributed by atoms with Crippen molar-refractivity contribution in [3.63, 3.8) is 0 Å². The highest BCUT2D eigenvalue weighted by Crippen LogP contribution is 2.32. The molecule has 6 nitrogen and oxygen atoms in total. The first-order chi connectivity index (χ1) is 11.2. The van der Waals surface area contributed by atoms with Gasteiger partial charge in [0.2, 0.25) is 6.79 Å². The molecule has 0 bridgehead atoms. The number of carbonyl (C=O) groups is 1. The first kappa shape index (κ1) is 17.3. The van der Waals surface area contributed by atoms with E-state index in [1.165, 1.54) is 0 Å². The van der Waals surface area contributed by atoms with Crippen molar-refractivity contribution in [1.82, 2.24) is 10.6 Å². The summed E-state index contributed by atoms with van der Waals surface area (Å²) >= 11 is 5.14. The van der Waals surface area contributed by atoms with Crippen molar-refractivity contribution in [2.75, 3.05) is 19.9 Å². The number of unbranched alkanes of at least 4 members (excludes halogenated alkanes) is 2. The van der Waals surface area contributed by atoms with Crippen LogP contribution < -0.4 is 20.1 Å². The number of hydrogen-bond acceptors (Lipinski definition) is 5. The maximum absolute atomic E-state index is 11.5. The number of esters is 1. The van der Waals surface area contributed by atoms with Crippen molar-refractivity contribution < 1.29 is 19.0 Å². The van der Waals surface area contributed by atoms with Gasteiger partial charge in [-0.3, -0.25) is 4.79 Å². The molecule has 0 atom stereocenters. The largest absolute Gasteiger partial charge is 0.464 e. The summed E-state index contributed by atoms with van der Waals surface area (Å²) in [5.74, 6) is 1.19. The Hall–Kier alpha value is -2.02. The first-order valence-electron chi connectivity index (χ1n) is 7.75. The van der Waals surface area contributed by atoms with Crippen molar-refractivity contribution in [2.45, 2.75) is 32.7 Å². The second-order valence-corrected chi connectivity index (χ2v) is 5.56. The van der Waals surface area contributed by atoms with Crippen molar-refractivity contribution in [3.05, 3.63) is 23.8 Å². The Morgan fingerprint density at radius 3 is 2.91 bits per heavy atom. The van der Waals surface area contributed by atoms with Crippen LogP contribution in [0, 0.1) is 0 Å². The molecule has 0 saturated heterocycles. The molecule has 0 spiro atoms. The minimum absolute atomic E-state index is 0.0685. The lowest BCUT2D eigenvalue weighted by Gasteiger charge is -2.11. The monoisotopic (exact) mass is 338 g/mol. The zero-order valence-corrected chi connectivity index (χ0v) is 14.0. The van der Waals surface area contributed by atoms with Crippen LogP contribution in [0.1, 0.15) is 31.7 Å². The maximum atomic E-state index is 11.5. The van der Waals surface area contributed by atoms with E-state index in [0.717, 1.165) is 36.3 Å². The van der Waals surface area contributed by atoms with Crippen LogP contribution >= 0.6 is 12.2 Å². The van der Waals surface area contributed by atoms with Crippen LogP contribution in [0.4, 0.5) is 0 Å². The molecule has 2 N–H and O–H groups in total. The number of nitrogens with one attached hydrogen (secondary N) is 2. The fraction of sp³-hybridized carbons (Fsp3) is 0.500. The van der Waals surface area contributed by atoms with Crippen LogP contribution in [0.25, 0.3) is 0 Å². The third kappa shape index (κ3) is 5.94. The summed E-state index contributed by atoms with van der Waals surface area (Å²) in [6.07, 6.45) is 3.06. The zero-order chi connectivity index (χ0) is 16.5. The maximum Gasteiger partial charge on any atom is 0.325 e. The summed E-state index contributed by atoms with van der Waals surface area (Å²) in [6, 6.07) is 5.70. The first-order valence-corrected chi connectivity index (χ1v) is 8.15. The summed E-state index contributed by atoms with van der Waals surface area (Å²) < 4.78 is 15.7. The molecule has 2 rings (SSSR count). The van der Waals surface area contributed by atoms with E-state index in [1.54, 1.807) is 0 Å². The summed E-state index contributed by atoms with van der Waals surface area (Å²) in [4.78, 5) is 11.5. The molecule has 23 heavy (non-hydrogen) atoms. The van der Waals surface area contributed by atoms with Gasteiger partial charge >= 0.3 is 5.97 Å². The van der Waals surface area contributed by atoms with Crippen molar-refractivity contribution in [2.24, 2.45) is 0 Å². The van der Waals surface area contributed by atoms with E-state index in [4.69, 9.17) is 26.4 Å². The van der Waals surface area contributed by atoms with Crippen molar-refractivity contribution in [1.29, 1.82) is 0 Å². The topological polar surface area (TPSA) is 68.8 Å². The molecule has 1 aliphatic heterocycles. The van der Waals surface area contributed by atoms with Gasteiger partial charge in [-0.25, -0.2) is 0 Å². The molecular weight excluding hydrogens is 316 g/mol. The van der Waals surface area contributed by atoms with E-state index in [0.29, 0.717) is 18.3 Å². The molecule has 0 aliphatic carbocycles. The summed E-state index contributed by atoms with van der Waals surface area (Å²) in [5.41, 5.74) is 1.01. The molecule has 126 valence electrons. The number of hydrogen-bond donors (Lipinski definition) is 2. The molecule has 1 aromatic rings. The Kier molecular flexibility index (Phi) is 6.93. The number of ether oxygens (including phenoxy) is 3. The van der Waals surface area contributed by atoms with Gasteiger partial charge in [-0.15, -0.1) is 0 Å². The summed E-state index contributed by atoms with van der Waals surface area (Å²) in [5, 5.41) is 6.28. The normalized spacial score (nSPS) is 11.9. The lowest BCUT2D eigenvalue weighted by atomic mass is 10.2. The minimum Gasteiger partial charge on any atom is -0.464 e. The summed E-state index contributed by atoms with van der Waals surface area (Å²) in [6.45, 7) is 3.43. The molecule has 0 unspecified atom stereocenters. The van der Waals surface area contributed by atoms with E-state index < -0.39 is 0 Å². The highest BCUT2D eigenvalue weighted by Gasteiger charge is 2.13. The van der Waals surface area contributed by atoms with Gasteiger partial charge < -0.3 is 24.8 Å². The van der Waals surface area contributed by atoms with Gasteiger partial charge in [0.05, 0.1) is 6.61 Å². The predicted molar refractivity (Wildman–Crippen MR) is 90.5 cm³/mol. The number of rotatable bonds is 8. The fourth-order valence-electron chi connectivity index (χ4n) is 2.04. The minimum atomic E-state index is -0.298. The Bertz CT molecular complexity index is 551. The van der Waals surface area contributed by atoms with E-state index in [1.807, 2.05) is 18.2 Å².